The number of aromatic nitrogens is 1. The van der Waals surface area contributed by atoms with Gasteiger partial charge >= 0.3 is 0 Å². The van der Waals surface area contributed by atoms with Crippen LogP contribution in [0, 0.1) is 0 Å². The molecule has 1 saturated heterocycles. The zero-order chi connectivity index (χ0) is 16.2. The van der Waals surface area contributed by atoms with Crippen LogP contribution in [0.15, 0.2) is 36.5 Å². The van der Waals surface area contributed by atoms with Crippen LogP contribution in [-0.4, -0.2) is 28.5 Å². The molecule has 1 amide bonds. The Morgan fingerprint density at radius 2 is 2.17 bits per heavy atom. The summed E-state index contributed by atoms with van der Waals surface area (Å²) in [5.41, 5.74) is 0.890. The van der Waals surface area contributed by atoms with Crippen molar-refractivity contribution in [1.29, 1.82) is 0 Å². The molecule has 0 bridgehead atoms. The Balaban J connectivity index is 1.66. The van der Waals surface area contributed by atoms with Gasteiger partial charge in [0.15, 0.2) is 0 Å². The van der Waals surface area contributed by atoms with Gasteiger partial charge in [-0.05, 0) is 30.4 Å². The quantitative estimate of drug-likeness (QED) is 0.861. The third-order valence-corrected chi connectivity index (χ3v) is 5.32. The average Bonchev–Trinajstić information content (AvgIpc) is 3.05. The Morgan fingerprint density at radius 3 is 2.87 bits per heavy atom. The van der Waals surface area contributed by atoms with E-state index in [9.17, 15) is 4.79 Å². The second-order valence-electron chi connectivity index (χ2n) is 5.04. The number of carbonyl (C=O) groups is 1. The molecule has 1 fully saturated rings. The standard InChI is InChI=1S/C16H14Cl2N2O2S/c17-12-2-1-3-13(15(12)18)20-16(21)10-4-5-14(19-8-10)22-11-6-7-23-9-11/h1-5,8,11H,6-7,9H2,(H,20,21). The lowest BCUT2D eigenvalue weighted by Gasteiger charge is -2.12. The second kappa shape index (κ2) is 7.43. The number of pyridine rings is 1. The Labute approximate surface area is 148 Å². The first-order valence-corrected chi connectivity index (χ1v) is 9.00. The monoisotopic (exact) mass is 368 g/mol. The van der Waals surface area contributed by atoms with E-state index in [1.807, 2.05) is 11.8 Å². The lowest BCUT2D eigenvalue weighted by atomic mass is 10.2. The normalized spacial score (nSPS) is 17.0. The van der Waals surface area contributed by atoms with Gasteiger partial charge in [0.1, 0.15) is 6.10 Å². The summed E-state index contributed by atoms with van der Waals surface area (Å²) < 4.78 is 5.76. The van der Waals surface area contributed by atoms with Crippen LogP contribution >= 0.6 is 35.0 Å². The highest BCUT2D eigenvalue weighted by Crippen LogP contribution is 2.30. The van der Waals surface area contributed by atoms with Crippen molar-refractivity contribution in [3.05, 3.63) is 52.1 Å². The minimum atomic E-state index is -0.301. The number of nitrogens with one attached hydrogen (secondary N) is 1. The first kappa shape index (κ1) is 16.4. The van der Waals surface area contributed by atoms with Gasteiger partial charge in [0, 0.05) is 18.0 Å². The van der Waals surface area contributed by atoms with Crippen LogP contribution in [0.25, 0.3) is 0 Å². The molecule has 0 spiro atoms. The number of carbonyl (C=O) groups excluding carboxylic acids is 1. The maximum Gasteiger partial charge on any atom is 0.257 e. The number of benzene rings is 1. The van der Waals surface area contributed by atoms with Crippen LogP contribution in [0.3, 0.4) is 0 Å². The highest BCUT2D eigenvalue weighted by Gasteiger charge is 2.18. The molecule has 0 radical (unpaired) electrons. The Bertz CT molecular complexity index is 704. The molecule has 0 aliphatic carbocycles. The van der Waals surface area contributed by atoms with Crippen molar-refractivity contribution in [3.8, 4) is 5.88 Å². The van der Waals surface area contributed by atoms with Crippen LogP contribution in [0.4, 0.5) is 5.69 Å². The molecule has 1 aromatic heterocycles. The number of halogens is 2. The van der Waals surface area contributed by atoms with Crippen LogP contribution < -0.4 is 10.1 Å². The van der Waals surface area contributed by atoms with E-state index in [1.54, 1.807) is 30.3 Å². The third kappa shape index (κ3) is 4.10. The van der Waals surface area contributed by atoms with Crippen LogP contribution in [0.1, 0.15) is 16.8 Å². The van der Waals surface area contributed by atoms with Crippen molar-refractivity contribution < 1.29 is 9.53 Å². The molecule has 1 atom stereocenters. The molecule has 3 rings (SSSR count). The first-order valence-electron chi connectivity index (χ1n) is 7.09. The van der Waals surface area contributed by atoms with E-state index in [0.29, 0.717) is 27.2 Å². The summed E-state index contributed by atoms with van der Waals surface area (Å²) in [5.74, 6) is 2.34. The SMILES string of the molecule is O=C(Nc1cccc(Cl)c1Cl)c1ccc(OC2CCSC2)nc1. The highest BCUT2D eigenvalue weighted by molar-refractivity contribution is 7.99. The Hall–Kier alpha value is -1.43. The molecular weight excluding hydrogens is 355 g/mol. The predicted molar refractivity (Wildman–Crippen MR) is 95.0 cm³/mol. The summed E-state index contributed by atoms with van der Waals surface area (Å²) in [6, 6.07) is 8.46. The minimum absolute atomic E-state index is 0.206. The molecule has 1 aromatic carbocycles. The summed E-state index contributed by atoms with van der Waals surface area (Å²) in [6.07, 6.45) is 2.73. The number of rotatable bonds is 4. The topological polar surface area (TPSA) is 51.2 Å². The van der Waals surface area contributed by atoms with Crippen LogP contribution in [-0.2, 0) is 0 Å². The van der Waals surface area contributed by atoms with Gasteiger partial charge in [0.2, 0.25) is 5.88 Å². The van der Waals surface area contributed by atoms with Crippen molar-refractivity contribution in [2.45, 2.75) is 12.5 Å². The number of amides is 1. The average molecular weight is 369 g/mol. The number of anilines is 1. The molecule has 0 saturated carbocycles. The van der Waals surface area contributed by atoms with E-state index in [2.05, 4.69) is 10.3 Å². The number of ether oxygens (including phenoxy) is 1. The van der Waals surface area contributed by atoms with Gasteiger partial charge in [-0.3, -0.25) is 4.79 Å². The van der Waals surface area contributed by atoms with Crippen molar-refractivity contribution in [1.82, 2.24) is 4.98 Å². The summed E-state index contributed by atoms with van der Waals surface area (Å²) >= 11 is 13.9. The fourth-order valence-corrected chi connectivity index (χ4v) is 3.60. The molecule has 7 heteroatoms. The summed E-state index contributed by atoms with van der Waals surface area (Å²) in [4.78, 5) is 16.4. The molecule has 1 N–H and O–H groups in total. The third-order valence-electron chi connectivity index (χ3n) is 3.37. The van der Waals surface area contributed by atoms with Gasteiger partial charge in [-0.2, -0.15) is 11.8 Å². The smallest absolute Gasteiger partial charge is 0.257 e. The first-order chi connectivity index (χ1) is 11.1. The minimum Gasteiger partial charge on any atom is -0.473 e. The maximum atomic E-state index is 12.2. The lowest BCUT2D eigenvalue weighted by Crippen LogP contribution is -2.16. The fraction of sp³-hybridized carbons (Fsp3) is 0.250. The molecule has 23 heavy (non-hydrogen) atoms. The van der Waals surface area contributed by atoms with Crippen LogP contribution in [0.2, 0.25) is 10.0 Å². The highest BCUT2D eigenvalue weighted by atomic mass is 35.5. The molecule has 2 heterocycles. The zero-order valence-electron chi connectivity index (χ0n) is 12.1. The van der Waals surface area contributed by atoms with Gasteiger partial charge in [-0.15, -0.1) is 0 Å². The summed E-state index contributed by atoms with van der Waals surface area (Å²) in [5, 5.41) is 3.42. The number of hydrogen-bond acceptors (Lipinski definition) is 4. The number of nitrogens with zero attached hydrogens (tertiary/aromatic N) is 1. The van der Waals surface area contributed by atoms with Crippen molar-refractivity contribution in [2.75, 3.05) is 16.8 Å². The molecule has 1 aliphatic heterocycles. The van der Waals surface area contributed by atoms with Gasteiger partial charge in [-0.1, -0.05) is 29.3 Å². The van der Waals surface area contributed by atoms with E-state index in [4.69, 9.17) is 27.9 Å². The number of thioether (sulfide) groups is 1. The van der Waals surface area contributed by atoms with E-state index in [0.717, 1.165) is 17.9 Å². The molecular formula is C16H14Cl2N2O2S. The maximum absolute atomic E-state index is 12.2. The van der Waals surface area contributed by atoms with E-state index in [1.165, 1.54) is 6.20 Å². The van der Waals surface area contributed by atoms with E-state index >= 15 is 0 Å². The molecule has 1 aliphatic rings. The van der Waals surface area contributed by atoms with Gasteiger partial charge in [0.05, 0.1) is 21.3 Å². The molecule has 4 nitrogen and oxygen atoms in total. The number of hydrogen-bond donors (Lipinski definition) is 1. The van der Waals surface area contributed by atoms with E-state index < -0.39 is 0 Å². The van der Waals surface area contributed by atoms with E-state index in [-0.39, 0.29) is 12.0 Å². The van der Waals surface area contributed by atoms with Gasteiger partial charge < -0.3 is 10.1 Å². The lowest BCUT2D eigenvalue weighted by molar-refractivity contribution is 0.102. The Kier molecular flexibility index (Phi) is 5.30. The summed E-state index contributed by atoms with van der Waals surface area (Å²) in [7, 11) is 0. The molecule has 1 unspecified atom stereocenters. The van der Waals surface area contributed by atoms with Crippen molar-refractivity contribution >= 4 is 46.6 Å². The largest absolute Gasteiger partial charge is 0.473 e. The molecule has 2 aromatic rings. The molecule has 120 valence electrons. The zero-order valence-corrected chi connectivity index (χ0v) is 14.4. The van der Waals surface area contributed by atoms with Crippen LogP contribution in [0.5, 0.6) is 5.88 Å². The van der Waals surface area contributed by atoms with Crippen molar-refractivity contribution in [2.24, 2.45) is 0 Å². The van der Waals surface area contributed by atoms with Gasteiger partial charge in [0.25, 0.3) is 5.91 Å². The Morgan fingerprint density at radius 1 is 1.30 bits per heavy atom. The fourth-order valence-electron chi connectivity index (χ4n) is 2.16. The van der Waals surface area contributed by atoms with Gasteiger partial charge in [-0.25, -0.2) is 4.98 Å². The second-order valence-corrected chi connectivity index (χ2v) is 6.98. The summed E-state index contributed by atoms with van der Waals surface area (Å²) in [6.45, 7) is 0. The van der Waals surface area contributed by atoms with Crippen molar-refractivity contribution in [3.63, 3.8) is 0 Å². The predicted octanol–water partition coefficient (Wildman–Crippen LogP) is 4.53.